The van der Waals surface area contributed by atoms with E-state index in [0.717, 1.165) is 72.9 Å². The molecule has 202 valence electrons. The van der Waals surface area contributed by atoms with Crippen LogP contribution in [-0.2, 0) is 48.2 Å². The number of fused-ring (bicyclic) bond motifs is 1. The summed E-state index contributed by atoms with van der Waals surface area (Å²) in [6, 6.07) is 11.3. The number of nitrogens with one attached hydrogen (secondary N) is 2. The molecule has 0 atom stereocenters. The Balaban J connectivity index is 1.00. The maximum Gasteiger partial charge on any atom is 0.232 e. The molecule has 0 saturated carbocycles. The summed E-state index contributed by atoms with van der Waals surface area (Å²) in [5.41, 5.74) is 4.46. The number of aromatic nitrogens is 7. The zero-order chi connectivity index (χ0) is 27.0. The monoisotopic (exact) mass is 545 g/mol. The molecule has 0 aliphatic carbocycles. The minimum atomic E-state index is -0.178. The van der Waals surface area contributed by atoms with Crippen molar-refractivity contribution < 1.29 is 9.59 Å². The molecule has 11 nitrogen and oxygen atoms in total. The first-order valence-corrected chi connectivity index (χ1v) is 14.0. The van der Waals surface area contributed by atoms with E-state index in [4.69, 9.17) is 0 Å². The zero-order valence-electron chi connectivity index (χ0n) is 21.9. The lowest BCUT2D eigenvalue weighted by Crippen LogP contribution is -2.16. The van der Waals surface area contributed by atoms with Gasteiger partial charge in [0.1, 0.15) is 5.01 Å². The van der Waals surface area contributed by atoms with Gasteiger partial charge in [0.05, 0.1) is 24.2 Å². The number of amides is 2. The van der Waals surface area contributed by atoms with Gasteiger partial charge in [0.25, 0.3) is 0 Å². The van der Waals surface area contributed by atoms with Crippen LogP contribution in [0.15, 0.2) is 36.4 Å². The molecular weight excluding hydrogens is 514 g/mol. The fraction of sp³-hybridized carbons (Fsp3) is 0.407. The molecule has 0 fully saturated rings. The van der Waals surface area contributed by atoms with E-state index in [1.54, 1.807) is 6.07 Å². The SMILES string of the molecule is Cc1cccc(CC(=O)Nc2ccc(CCCCc3nnc(NC(=O)Cc4cc5n(n4)CCCC5)s3)nn2)n1. The quantitative estimate of drug-likeness (QED) is 0.273. The van der Waals surface area contributed by atoms with Gasteiger partial charge in [-0.05, 0) is 75.8 Å². The van der Waals surface area contributed by atoms with Gasteiger partial charge in [0.15, 0.2) is 5.82 Å². The molecule has 0 radical (unpaired) electrons. The number of unbranched alkanes of at least 4 members (excludes halogenated alkanes) is 1. The molecule has 4 aromatic heterocycles. The Hall–Kier alpha value is -4.06. The maximum absolute atomic E-state index is 12.4. The highest BCUT2D eigenvalue weighted by Crippen LogP contribution is 2.19. The molecule has 39 heavy (non-hydrogen) atoms. The highest BCUT2D eigenvalue weighted by molar-refractivity contribution is 7.15. The van der Waals surface area contributed by atoms with Crippen molar-refractivity contribution in [3.8, 4) is 0 Å². The third-order valence-corrected chi connectivity index (χ3v) is 7.27. The van der Waals surface area contributed by atoms with E-state index in [-0.39, 0.29) is 24.7 Å². The van der Waals surface area contributed by atoms with Gasteiger partial charge in [0, 0.05) is 30.0 Å². The Bertz CT molecular complexity index is 1410. The molecule has 0 bridgehead atoms. The van der Waals surface area contributed by atoms with E-state index in [9.17, 15) is 9.59 Å². The largest absolute Gasteiger partial charge is 0.309 e. The summed E-state index contributed by atoms with van der Waals surface area (Å²) in [5, 5.41) is 28.2. The van der Waals surface area contributed by atoms with E-state index < -0.39 is 0 Å². The van der Waals surface area contributed by atoms with Gasteiger partial charge in [0.2, 0.25) is 16.9 Å². The van der Waals surface area contributed by atoms with Crippen LogP contribution in [-0.4, -0.2) is 47.0 Å². The molecule has 0 unspecified atom stereocenters. The normalized spacial score (nSPS) is 12.6. The second-order valence-electron chi connectivity index (χ2n) is 9.65. The van der Waals surface area contributed by atoms with Crippen molar-refractivity contribution in [2.45, 2.75) is 71.3 Å². The van der Waals surface area contributed by atoms with E-state index in [1.165, 1.54) is 23.5 Å². The topological polar surface area (TPSA) is 140 Å². The average Bonchev–Trinajstić information content (AvgIpc) is 3.53. The van der Waals surface area contributed by atoms with Gasteiger partial charge in [-0.15, -0.1) is 15.3 Å². The first kappa shape index (κ1) is 26.5. The second-order valence-corrected chi connectivity index (χ2v) is 10.7. The minimum absolute atomic E-state index is 0.127. The molecule has 0 aromatic carbocycles. The predicted molar refractivity (Wildman–Crippen MR) is 147 cm³/mol. The predicted octanol–water partition coefficient (Wildman–Crippen LogP) is 3.49. The second kappa shape index (κ2) is 12.7. The number of aryl methyl sites for hydroxylation is 5. The van der Waals surface area contributed by atoms with E-state index in [2.05, 4.69) is 41.1 Å². The summed E-state index contributed by atoms with van der Waals surface area (Å²) in [6.07, 6.45) is 7.13. The van der Waals surface area contributed by atoms with Crippen LogP contribution in [0, 0.1) is 6.92 Å². The zero-order valence-corrected chi connectivity index (χ0v) is 22.7. The van der Waals surface area contributed by atoms with Gasteiger partial charge in [-0.25, -0.2) is 0 Å². The summed E-state index contributed by atoms with van der Waals surface area (Å²) in [5.74, 6) is 0.119. The van der Waals surface area contributed by atoms with Crippen LogP contribution in [0.4, 0.5) is 10.9 Å². The van der Waals surface area contributed by atoms with E-state index >= 15 is 0 Å². The summed E-state index contributed by atoms with van der Waals surface area (Å²) >= 11 is 1.40. The molecule has 5 rings (SSSR count). The van der Waals surface area contributed by atoms with Crippen LogP contribution < -0.4 is 10.6 Å². The standard InChI is InChI=1S/C27H31N9O2S/c1-18-7-6-9-20(28-18)16-24(37)29-23-13-12-19(31-32-23)8-2-3-11-26-33-34-27(39-26)30-25(38)17-21-15-22-10-4-5-14-36(22)35-21/h6-7,9,12-13,15H,2-5,8,10-11,14,16-17H2,1H3,(H,29,32,37)(H,30,34,38). The number of carbonyl (C=O) groups excluding carboxylic acids is 2. The highest BCUT2D eigenvalue weighted by atomic mass is 32.1. The summed E-state index contributed by atoms with van der Waals surface area (Å²) in [4.78, 5) is 29.0. The van der Waals surface area contributed by atoms with Crippen molar-refractivity contribution in [2.75, 3.05) is 10.6 Å². The lowest BCUT2D eigenvalue weighted by atomic mass is 10.1. The Labute approximate surface area is 230 Å². The smallest absolute Gasteiger partial charge is 0.232 e. The molecule has 12 heteroatoms. The number of anilines is 2. The number of hydrogen-bond acceptors (Lipinski definition) is 9. The Morgan fingerprint density at radius 1 is 0.897 bits per heavy atom. The van der Waals surface area contributed by atoms with Crippen LogP contribution in [0.25, 0.3) is 0 Å². The van der Waals surface area contributed by atoms with Crippen LogP contribution in [0.2, 0.25) is 0 Å². The van der Waals surface area contributed by atoms with Gasteiger partial charge < -0.3 is 10.6 Å². The van der Waals surface area contributed by atoms with Crippen molar-refractivity contribution in [2.24, 2.45) is 0 Å². The average molecular weight is 546 g/mol. The number of hydrogen-bond donors (Lipinski definition) is 2. The molecule has 0 spiro atoms. The lowest BCUT2D eigenvalue weighted by molar-refractivity contribution is -0.116. The summed E-state index contributed by atoms with van der Waals surface area (Å²) < 4.78 is 2.01. The summed E-state index contributed by atoms with van der Waals surface area (Å²) in [7, 11) is 0. The van der Waals surface area contributed by atoms with E-state index in [1.807, 2.05) is 41.9 Å². The molecule has 0 saturated heterocycles. The molecule has 4 aromatic rings. The molecule has 1 aliphatic heterocycles. The fourth-order valence-electron chi connectivity index (χ4n) is 4.49. The fourth-order valence-corrected chi connectivity index (χ4v) is 5.29. The first-order valence-electron chi connectivity index (χ1n) is 13.2. The Morgan fingerprint density at radius 3 is 2.56 bits per heavy atom. The van der Waals surface area contributed by atoms with Crippen LogP contribution >= 0.6 is 11.3 Å². The molecule has 1 aliphatic rings. The van der Waals surface area contributed by atoms with Crippen molar-refractivity contribution >= 4 is 34.1 Å². The lowest BCUT2D eigenvalue weighted by Gasteiger charge is -2.11. The third kappa shape index (κ3) is 7.73. The number of carbonyl (C=O) groups is 2. The minimum Gasteiger partial charge on any atom is -0.309 e. The highest BCUT2D eigenvalue weighted by Gasteiger charge is 2.15. The molecule has 2 N–H and O–H groups in total. The van der Waals surface area contributed by atoms with Crippen molar-refractivity contribution in [1.82, 2.24) is 35.2 Å². The third-order valence-electron chi connectivity index (χ3n) is 6.37. The molecule has 2 amide bonds. The molecular formula is C27H31N9O2S. The van der Waals surface area contributed by atoms with Crippen LogP contribution in [0.5, 0.6) is 0 Å². The first-order chi connectivity index (χ1) is 19.0. The van der Waals surface area contributed by atoms with Gasteiger partial charge in [-0.3, -0.25) is 19.3 Å². The van der Waals surface area contributed by atoms with Gasteiger partial charge in [-0.2, -0.15) is 10.2 Å². The van der Waals surface area contributed by atoms with Crippen LogP contribution in [0.3, 0.4) is 0 Å². The van der Waals surface area contributed by atoms with Crippen molar-refractivity contribution in [3.63, 3.8) is 0 Å². The van der Waals surface area contributed by atoms with E-state index in [0.29, 0.717) is 10.9 Å². The Kier molecular flexibility index (Phi) is 8.61. The van der Waals surface area contributed by atoms with Gasteiger partial charge >= 0.3 is 0 Å². The van der Waals surface area contributed by atoms with Crippen LogP contribution in [0.1, 0.15) is 59.2 Å². The number of pyridine rings is 1. The summed E-state index contributed by atoms with van der Waals surface area (Å²) in [6.45, 7) is 2.83. The van der Waals surface area contributed by atoms with Crippen molar-refractivity contribution in [1.29, 1.82) is 0 Å². The van der Waals surface area contributed by atoms with Gasteiger partial charge in [-0.1, -0.05) is 17.4 Å². The van der Waals surface area contributed by atoms with Crippen molar-refractivity contribution in [3.05, 3.63) is 69.9 Å². The maximum atomic E-state index is 12.4. The number of rotatable bonds is 11. The Morgan fingerprint density at radius 2 is 1.74 bits per heavy atom. The molecule has 5 heterocycles. The number of nitrogens with zero attached hydrogens (tertiary/aromatic N) is 7.